The number of hydrogen-bond donors (Lipinski definition) is 1. The maximum Gasteiger partial charge on any atom is 0.389 e. The molecule has 0 saturated heterocycles. The molecule has 19 heavy (non-hydrogen) atoms. The predicted octanol–water partition coefficient (Wildman–Crippen LogP) is 3.35. The molecule has 1 heterocycles. The van der Waals surface area contributed by atoms with Crippen molar-refractivity contribution in [3.8, 4) is 0 Å². The molecule has 1 aromatic rings. The third-order valence-electron chi connectivity index (χ3n) is 2.97. The van der Waals surface area contributed by atoms with Crippen molar-refractivity contribution in [1.29, 1.82) is 0 Å². The van der Waals surface area contributed by atoms with E-state index in [0.29, 0.717) is 13.0 Å². The van der Waals surface area contributed by atoms with E-state index < -0.39 is 12.6 Å². The molecule has 0 radical (unpaired) electrons. The number of nitrogens with one attached hydrogen (secondary N) is 1. The van der Waals surface area contributed by atoms with Crippen LogP contribution in [0, 0.1) is 6.92 Å². The average molecular weight is 342 g/mol. The third kappa shape index (κ3) is 5.14. The quantitative estimate of drug-likeness (QED) is 0.859. The van der Waals surface area contributed by atoms with Crippen molar-refractivity contribution in [2.45, 2.75) is 45.3 Å². The molecule has 7 heteroatoms. The summed E-state index contributed by atoms with van der Waals surface area (Å²) in [6.07, 6.45) is -4.26. The van der Waals surface area contributed by atoms with Gasteiger partial charge in [-0.3, -0.25) is 4.68 Å². The summed E-state index contributed by atoms with van der Waals surface area (Å²) < 4.78 is 39.5. The topological polar surface area (TPSA) is 29.9 Å². The summed E-state index contributed by atoms with van der Waals surface area (Å²) in [5.74, 6) is 0. The molecule has 1 unspecified atom stereocenters. The zero-order valence-corrected chi connectivity index (χ0v) is 12.9. The highest BCUT2D eigenvalue weighted by molar-refractivity contribution is 9.10. The van der Waals surface area contributed by atoms with Gasteiger partial charge < -0.3 is 5.32 Å². The highest BCUT2D eigenvalue weighted by atomic mass is 79.9. The third-order valence-corrected chi connectivity index (χ3v) is 4.00. The summed E-state index contributed by atoms with van der Waals surface area (Å²) in [6, 6.07) is -0.197. The Labute approximate surface area is 119 Å². The van der Waals surface area contributed by atoms with Crippen LogP contribution in [0.2, 0.25) is 0 Å². The van der Waals surface area contributed by atoms with Crippen LogP contribution in [0.25, 0.3) is 0 Å². The van der Waals surface area contributed by atoms with Crippen LogP contribution in [0.5, 0.6) is 0 Å². The fourth-order valence-corrected chi connectivity index (χ4v) is 2.54. The SMILES string of the molecule is CCNC(CCC(F)(F)F)Cc1c(Br)c(C)nn1C. The van der Waals surface area contributed by atoms with Crippen LogP contribution in [0.3, 0.4) is 0 Å². The molecular formula is C12H19BrF3N3. The van der Waals surface area contributed by atoms with E-state index in [0.717, 1.165) is 15.9 Å². The van der Waals surface area contributed by atoms with Crippen LogP contribution in [-0.2, 0) is 13.5 Å². The van der Waals surface area contributed by atoms with E-state index >= 15 is 0 Å². The minimum absolute atomic E-state index is 0.0774. The molecule has 0 aliphatic rings. The first-order valence-electron chi connectivity index (χ1n) is 6.22. The van der Waals surface area contributed by atoms with E-state index in [-0.39, 0.29) is 12.5 Å². The van der Waals surface area contributed by atoms with Gasteiger partial charge in [-0.05, 0) is 35.8 Å². The van der Waals surface area contributed by atoms with Gasteiger partial charge in [-0.25, -0.2) is 0 Å². The molecular weight excluding hydrogens is 323 g/mol. The lowest BCUT2D eigenvalue weighted by molar-refractivity contribution is -0.136. The summed E-state index contributed by atoms with van der Waals surface area (Å²) in [5, 5.41) is 7.36. The van der Waals surface area contributed by atoms with Crippen LogP contribution < -0.4 is 5.32 Å². The minimum Gasteiger partial charge on any atom is -0.314 e. The van der Waals surface area contributed by atoms with Crippen LogP contribution in [0.1, 0.15) is 31.2 Å². The Balaban J connectivity index is 2.72. The Morgan fingerprint density at radius 2 is 2.05 bits per heavy atom. The van der Waals surface area contributed by atoms with Gasteiger partial charge in [0, 0.05) is 25.9 Å². The molecule has 1 aromatic heterocycles. The highest BCUT2D eigenvalue weighted by Gasteiger charge is 2.28. The van der Waals surface area contributed by atoms with Gasteiger partial charge >= 0.3 is 6.18 Å². The smallest absolute Gasteiger partial charge is 0.314 e. The van der Waals surface area contributed by atoms with Gasteiger partial charge in [0.15, 0.2) is 0 Å². The van der Waals surface area contributed by atoms with Gasteiger partial charge in [0.05, 0.1) is 15.9 Å². The molecule has 0 aromatic carbocycles. The summed E-state index contributed by atoms with van der Waals surface area (Å²) >= 11 is 3.44. The number of likely N-dealkylation sites (N-methyl/N-ethyl adjacent to an activating group) is 1. The zero-order valence-electron chi connectivity index (χ0n) is 11.3. The maximum atomic E-state index is 12.3. The monoisotopic (exact) mass is 341 g/mol. The molecule has 0 spiro atoms. The summed E-state index contributed by atoms with van der Waals surface area (Å²) in [4.78, 5) is 0. The fourth-order valence-electron chi connectivity index (χ4n) is 2.04. The van der Waals surface area contributed by atoms with E-state index in [4.69, 9.17) is 0 Å². The summed E-state index contributed by atoms with van der Waals surface area (Å²) in [5.41, 5.74) is 1.77. The number of alkyl halides is 3. The molecule has 1 rings (SSSR count). The summed E-state index contributed by atoms with van der Waals surface area (Å²) in [7, 11) is 1.81. The maximum absolute atomic E-state index is 12.3. The molecule has 0 aliphatic carbocycles. The normalized spacial score (nSPS) is 13.8. The van der Waals surface area contributed by atoms with E-state index in [1.54, 1.807) is 11.7 Å². The Kier molecular flexibility index (Phi) is 5.85. The fraction of sp³-hybridized carbons (Fsp3) is 0.750. The lowest BCUT2D eigenvalue weighted by Crippen LogP contribution is -2.33. The molecule has 0 fully saturated rings. The molecule has 0 bridgehead atoms. The van der Waals surface area contributed by atoms with Gasteiger partial charge in [-0.15, -0.1) is 0 Å². The molecule has 0 amide bonds. The summed E-state index contributed by atoms with van der Waals surface area (Å²) in [6.45, 7) is 4.41. The van der Waals surface area contributed by atoms with Crippen LogP contribution in [0.4, 0.5) is 13.2 Å². The van der Waals surface area contributed by atoms with Crippen molar-refractivity contribution in [1.82, 2.24) is 15.1 Å². The number of nitrogens with zero attached hydrogens (tertiary/aromatic N) is 2. The van der Waals surface area contributed by atoms with Crippen molar-refractivity contribution < 1.29 is 13.2 Å². The van der Waals surface area contributed by atoms with E-state index in [9.17, 15) is 13.2 Å². The molecule has 0 aliphatic heterocycles. The standard InChI is InChI=1S/C12H19BrF3N3/c1-4-17-9(5-6-12(14,15)16)7-10-11(13)8(2)18-19(10)3/h9,17H,4-7H2,1-3H3. The second kappa shape index (κ2) is 6.74. The number of rotatable bonds is 6. The van der Waals surface area contributed by atoms with Crippen LogP contribution in [0.15, 0.2) is 4.47 Å². The lowest BCUT2D eigenvalue weighted by atomic mass is 10.1. The first-order valence-corrected chi connectivity index (χ1v) is 7.02. The number of aromatic nitrogens is 2. The Morgan fingerprint density at radius 3 is 2.47 bits per heavy atom. The molecule has 1 N–H and O–H groups in total. The highest BCUT2D eigenvalue weighted by Crippen LogP contribution is 2.25. The first-order chi connectivity index (χ1) is 8.74. The first kappa shape index (κ1) is 16.5. The van der Waals surface area contributed by atoms with Crippen molar-refractivity contribution in [3.63, 3.8) is 0 Å². The van der Waals surface area contributed by atoms with Gasteiger partial charge in [0.1, 0.15) is 0 Å². The minimum atomic E-state index is -4.10. The Hall–Kier alpha value is -0.560. The van der Waals surface area contributed by atoms with Crippen molar-refractivity contribution in [2.24, 2.45) is 7.05 Å². The Morgan fingerprint density at radius 1 is 1.42 bits per heavy atom. The molecule has 110 valence electrons. The lowest BCUT2D eigenvalue weighted by Gasteiger charge is -2.19. The molecule has 3 nitrogen and oxygen atoms in total. The number of halogens is 4. The van der Waals surface area contributed by atoms with Crippen LogP contribution >= 0.6 is 15.9 Å². The van der Waals surface area contributed by atoms with E-state index in [2.05, 4.69) is 26.3 Å². The number of aryl methyl sites for hydroxylation is 2. The van der Waals surface area contributed by atoms with Crippen molar-refractivity contribution in [2.75, 3.05) is 6.54 Å². The zero-order chi connectivity index (χ0) is 14.6. The second-order valence-electron chi connectivity index (χ2n) is 4.58. The van der Waals surface area contributed by atoms with Crippen LogP contribution in [-0.4, -0.2) is 28.5 Å². The largest absolute Gasteiger partial charge is 0.389 e. The molecule has 1 atom stereocenters. The van der Waals surface area contributed by atoms with Gasteiger partial charge in [0.2, 0.25) is 0 Å². The van der Waals surface area contributed by atoms with Crippen molar-refractivity contribution in [3.05, 3.63) is 15.9 Å². The molecule has 0 saturated carbocycles. The average Bonchev–Trinajstić information content (AvgIpc) is 2.52. The van der Waals surface area contributed by atoms with Gasteiger partial charge in [-0.1, -0.05) is 6.92 Å². The van der Waals surface area contributed by atoms with Crippen molar-refractivity contribution >= 4 is 15.9 Å². The second-order valence-corrected chi connectivity index (χ2v) is 5.38. The van der Waals surface area contributed by atoms with E-state index in [1.165, 1.54) is 0 Å². The Bertz CT molecular complexity index is 415. The van der Waals surface area contributed by atoms with E-state index in [1.807, 2.05) is 13.8 Å². The van der Waals surface area contributed by atoms with Gasteiger partial charge in [0.25, 0.3) is 0 Å². The number of hydrogen-bond acceptors (Lipinski definition) is 2. The predicted molar refractivity (Wildman–Crippen MR) is 72.1 cm³/mol. The van der Waals surface area contributed by atoms with Gasteiger partial charge in [-0.2, -0.15) is 18.3 Å².